The fourth-order valence-electron chi connectivity index (χ4n) is 2.69. The zero-order chi connectivity index (χ0) is 16.9. The van der Waals surface area contributed by atoms with Crippen LogP contribution in [0, 0.1) is 0 Å². The number of rotatable bonds is 7. The van der Waals surface area contributed by atoms with Gasteiger partial charge in [0, 0.05) is 29.3 Å². The number of aromatic nitrogens is 1. The first-order chi connectivity index (χ1) is 10.9. The number of nitrogens with zero attached hydrogens (tertiary/aromatic N) is 2. The van der Waals surface area contributed by atoms with E-state index in [4.69, 9.17) is 16.7 Å². The predicted molar refractivity (Wildman–Crippen MR) is 91.6 cm³/mol. The van der Waals surface area contributed by atoms with Crippen LogP contribution in [0.4, 0.5) is 0 Å². The third kappa shape index (κ3) is 5.34. The van der Waals surface area contributed by atoms with Crippen LogP contribution in [0.3, 0.4) is 0 Å². The molecule has 5 heteroatoms. The summed E-state index contributed by atoms with van der Waals surface area (Å²) in [4.78, 5) is 15.5. The Morgan fingerprint density at radius 3 is 2.48 bits per heavy atom. The molecule has 1 aromatic heterocycles. The van der Waals surface area contributed by atoms with Gasteiger partial charge in [-0.2, -0.15) is 0 Å². The van der Waals surface area contributed by atoms with Gasteiger partial charge in [0.15, 0.2) is 6.54 Å². The third-order valence-corrected chi connectivity index (χ3v) is 4.16. The molecular formula is C18H22ClN2O2+. The normalized spacial score (nSPS) is 12.8. The number of aliphatic carboxylic acids is 1. The summed E-state index contributed by atoms with van der Waals surface area (Å²) in [7, 11) is 3.87. The van der Waals surface area contributed by atoms with Crippen LogP contribution in [-0.4, -0.2) is 47.7 Å². The summed E-state index contributed by atoms with van der Waals surface area (Å²) in [6, 6.07) is 13.7. The van der Waals surface area contributed by atoms with Gasteiger partial charge in [0.25, 0.3) is 0 Å². The van der Waals surface area contributed by atoms with Crippen LogP contribution >= 0.6 is 11.6 Å². The van der Waals surface area contributed by atoms with Crippen molar-refractivity contribution in [2.24, 2.45) is 0 Å². The number of carboxylic acid groups (broad SMARTS) is 1. The number of pyridine rings is 1. The van der Waals surface area contributed by atoms with Gasteiger partial charge in [0.05, 0.1) is 20.6 Å². The van der Waals surface area contributed by atoms with Crippen LogP contribution in [0.2, 0.25) is 5.02 Å². The maximum Gasteiger partial charge on any atom is 0.359 e. The van der Waals surface area contributed by atoms with E-state index in [1.807, 2.05) is 56.6 Å². The number of carbonyl (C=O) groups is 1. The van der Waals surface area contributed by atoms with Crippen molar-refractivity contribution < 1.29 is 14.4 Å². The molecule has 0 saturated carbocycles. The third-order valence-electron chi connectivity index (χ3n) is 3.90. The van der Waals surface area contributed by atoms with Gasteiger partial charge in [-0.15, -0.1) is 0 Å². The lowest BCUT2D eigenvalue weighted by molar-refractivity contribution is -0.883. The molecule has 4 nitrogen and oxygen atoms in total. The molecule has 2 rings (SSSR count). The van der Waals surface area contributed by atoms with Crippen molar-refractivity contribution >= 4 is 17.6 Å². The number of carboxylic acids is 1. The molecule has 0 saturated heterocycles. The van der Waals surface area contributed by atoms with Gasteiger partial charge in [0.1, 0.15) is 0 Å². The monoisotopic (exact) mass is 333 g/mol. The second-order valence-electron chi connectivity index (χ2n) is 6.36. The van der Waals surface area contributed by atoms with Gasteiger partial charge < -0.3 is 9.59 Å². The predicted octanol–water partition coefficient (Wildman–Crippen LogP) is 3.42. The summed E-state index contributed by atoms with van der Waals surface area (Å²) in [5, 5.41) is 9.74. The molecule has 0 aliphatic carbocycles. The minimum absolute atomic E-state index is 0.107. The number of quaternary nitrogens is 1. The number of hydrogen-bond acceptors (Lipinski definition) is 2. The molecule has 122 valence electrons. The maximum absolute atomic E-state index is 11.0. The Morgan fingerprint density at radius 2 is 1.91 bits per heavy atom. The summed E-state index contributed by atoms with van der Waals surface area (Å²) in [5.74, 6) is -0.657. The first-order valence-electron chi connectivity index (χ1n) is 7.57. The first-order valence-corrected chi connectivity index (χ1v) is 7.95. The second kappa shape index (κ2) is 7.57. The molecule has 2 aromatic rings. The van der Waals surface area contributed by atoms with E-state index in [0.29, 0.717) is 9.51 Å². The fraction of sp³-hybridized carbons (Fsp3) is 0.333. The molecule has 0 aliphatic heterocycles. The van der Waals surface area contributed by atoms with E-state index in [0.717, 1.165) is 24.2 Å². The van der Waals surface area contributed by atoms with Crippen LogP contribution in [0.5, 0.6) is 0 Å². The van der Waals surface area contributed by atoms with E-state index < -0.39 is 5.97 Å². The molecule has 1 aromatic carbocycles. The molecule has 1 N–H and O–H groups in total. The molecule has 1 unspecified atom stereocenters. The fourth-order valence-corrected chi connectivity index (χ4v) is 2.81. The van der Waals surface area contributed by atoms with Crippen molar-refractivity contribution in [3.63, 3.8) is 0 Å². The lowest BCUT2D eigenvalue weighted by Crippen LogP contribution is -2.45. The van der Waals surface area contributed by atoms with Crippen LogP contribution in [0.1, 0.15) is 23.6 Å². The largest absolute Gasteiger partial charge is 0.477 e. The van der Waals surface area contributed by atoms with Gasteiger partial charge in [-0.05, 0) is 29.8 Å². The Morgan fingerprint density at radius 1 is 1.22 bits per heavy atom. The van der Waals surface area contributed by atoms with E-state index in [1.54, 1.807) is 6.20 Å². The highest BCUT2D eigenvalue weighted by Crippen LogP contribution is 2.28. The minimum atomic E-state index is -0.782. The van der Waals surface area contributed by atoms with E-state index in [-0.39, 0.29) is 12.5 Å². The van der Waals surface area contributed by atoms with Crippen LogP contribution < -0.4 is 0 Å². The van der Waals surface area contributed by atoms with E-state index in [9.17, 15) is 4.79 Å². The van der Waals surface area contributed by atoms with Crippen molar-refractivity contribution in [1.29, 1.82) is 0 Å². The molecule has 0 bridgehead atoms. The van der Waals surface area contributed by atoms with Crippen molar-refractivity contribution in [3.8, 4) is 0 Å². The molecule has 1 atom stereocenters. The Kier molecular flexibility index (Phi) is 5.74. The molecule has 0 radical (unpaired) electrons. The number of benzene rings is 1. The molecule has 0 fully saturated rings. The highest BCUT2D eigenvalue weighted by molar-refractivity contribution is 6.30. The molecule has 0 aliphatic rings. The van der Waals surface area contributed by atoms with Crippen molar-refractivity contribution in [2.45, 2.75) is 12.3 Å². The zero-order valence-corrected chi connectivity index (χ0v) is 14.2. The van der Waals surface area contributed by atoms with Crippen molar-refractivity contribution in [1.82, 2.24) is 4.98 Å². The van der Waals surface area contributed by atoms with E-state index >= 15 is 0 Å². The quantitative estimate of drug-likeness (QED) is 0.790. The van der Waals surface area contributed by atoms with Crippen LogP contribution in [-0.2, 0) is 4.79 Å². The van der Waals surface area contributed by atoms with Gasteiger partial charge in [-0.1, -0.05) is 29.8 Å². The van der Waals surface area contributed by atoms with Gasteiger partial charge in [-0.3, -0.25) is 4.98 Å². The summed E-state index contributed by atoms with van der Waals surface area (Å²) in [6.07, 6.45) is 2.61. The zero-order valence-electron chi connectivity index (χ0n) is 13.4. The topological polar surface area (TPSA) is 50.2 Å². The minimum Gasteiger partial charge on any atom is -0.477 e. The molecular weight excluding hydrogens is 312 g/mol. The lowest BCUT2D eigenvalue weighted by atomic mass is 9.91. The Balaban J connectivity index is 2.21. The van der Waals surface area contributed by atoms with Crippen LogP contribution in [0.15, 0.2) is 48.7 Å². The average molecular weight is 334 g/mol. The molecule has 0 amide bonds. The van der Waals surface area contributed by atoms with E-state index in [2.05, 4.69) is 4.98 Å². The number of halogens is 1. The lowest BCUT2D eigenvalue weighted by Gasteiger charge is -2.29. The first kappa shape index (κ1) is 17.4. The Bertz CT molecular complexity index is 642. The van der Waals surface area contributed by atoms with Gasteiger partial charge >= 0.3 is 5.97 Å². The highest BCUT2D eigenvalue weighted by atomic mass is 35.5. The maximum atomic E-state index is 11.0. The van der Waals surface area contributed by atoms with Crippen molar-refractivity contribution in [3.05, 3.63) is 64.9 Å². The van der Waals surface area contributed by atoms with Crippen LogP contribution in [0.25, 0.3) is 0 Å². The molecule has 0 spiro atoms. The summed E-state index contributed by atoms with van der Waals surface area (Å²) in [6.45, 7) is 0.853. The molecule has 23 heavy (non-hydrogen) atoms. The Hall–Kier alpha value is -1.91. The molecule has 1 heterocycles. The smallest absolute Gasteiger partial charge is 0.359 e. The standard InChI is InChI=1S/C18H21ClN2O2/c1-21(2,13-18(22)23)12-10-16(17-5-3-4-11-20-17)14-6-8-15(19)9-7-14/h3-9,11,16H,10,12-13H2,1-2H3/p+1. The summed E-state index contributed by atoms with van der Waals surface area (Å²) >= 11 is 5.99. The number of likely N-dealkylation sites (N-methyl/N-ethyl adjacent to an activating group) is 1. The van der Waals surface area contributed by atoms with Gasteiger partial charge in [-0.25, -0.2) is 4.79 Å². The highest BCUT2D eigenvalue weighted by Gasteiger charge is 2.24. The average Bonchev–Trinajstić information content (AvgIpc) is 2.49. The van der Waals surface area contributed by atoms with Crippen molar-refractivity contribution in [2.75, 3.05) is 27.2 Å². The Labute approximate surface area is 141 Å². The van der Waals surface area contributed by atoms with Gasteiger partial charge in [0.2, 0.25) is 0 Å². The van der Waals surface area contributed by atoms with E-state index in [1.165, 1.54) is 0 Å². The summed E-state index contributed by atoms with van der Waals surface area (Å²) in [5.41, 5.74) is 2.13. The SMILES string of the molecule is C[N+](C)(CCC(c1ccc(Cl)cc1)c1ccccn1)CC(=O)O. The number of hydrogen-bond donors (Lipinski definition) is 1. The summed E-state index contributed by atoms with van der Waals surface area (Å²) < 4.78 is 0.437. The second-order valence-corrected chi connectivity index (χ2v) is 6.80.